The van der Waals surface area contributed by atoms with Gasteiger partial charge in [-0.2, -0.15) is 0 Å². The van der Waals surface area contributed by atoms with E-state index in [0.717, 1.165) is 58.3 Å². The minimum absolute atomic E-state index is 0.115. The Labute approximate surface area is 201 Å². The van der Waals surface area contributed by atoms with Gasteiger partial charge in [0.2, 0.25) is 0 Å². The van der Waals surface area contributed by atoms with Crippen molar-refractivity contribution in [3.63, 3.8) is 0 Å². The lowest BCUT2D eigenvalue weighted by molar-refractivity contribution is -0.242. The highest BCUT2D eigenvalue weighted by molar-refractivity contribution is 8.77. The molecule has 0 heterocycles. The molecule has 0 aromatic heterocycles. The molecule has 0 fully saturated rings. The molecule has 0 amide bonds. The fourth-order valence-electron chi connectivity index (χ4n) is 4.69. The molecule has 30 heavy (non-hydrogen) atoms. The Balaban J connectivity index is 6.28. The normalized spacial score (nSPS) is 14.0. The van der Waals surface area contributed by atoms with Gasteiger partial charge in [0, 0.05) is 46.9 Å². The Morgan fingerprint density at radius 2 is 0.733 bits per heavy atom. The van der Waals surface area contributed by atoms with Crippen molar-refractivity contribution in [3.8, 4) is 0 Å². The molecule has 0 radical (unpaired) electrons. The molecule has 0 aromatic carbocycles. The predicted molar refractivity (Wildman–Crippen MR) is 143 cm³/mol. The molecular weight excluding hydrogens is 449 g/mol. The largest absolute Gasteiger partial charge is 0.349 e. The molecule has 0 atom stereocenters. The molecule has 0 aliphatic carbocycles. The Morgan fingerprint density at radius 1 is 0.500 bits per heavy atom. The van der Waals surface area contributed by atoms with Crippen LogP contribution in [0.3, 0.4) is 0 Å². The van der Waals surface area contributed by atoms with Crippen LogP contribution in [0.5, 0.6) is 0 Å². The molecule has 8 heteroatoms. The van der Waals surface area contributed by atoms with E-state index in [-0.39, 0.29) is 9.49 Å². The first-order valence-corrected chi connectivity index (χ1v) is 17.2. The lowest BCUT2D eigenvalue weighted by Gasteiger charge is -2.52. The summed E-state index contributed by atoms with van der Waals surface area (Å²) >= 11 is 0. The molecule has 182 valence electrons. The van der Waals surface area contributed by atoms with Crippen LogP contribution < -0.4 is 0 Å². The second-order valence-corrected chi connectivity index (χ2v) is 11.8. The zero-order valence-corrected chi connectivity index (χ0v) is 27.2. The van der Waals surface area contributed by atoms with Crippen LogP contribution in [0, 0.1) is 0 Å². The van der Waals surface area contributed by atoms with Crippen molar-refractivity contribution in [1.29, 1.82) is 0 Å². The summed E-state index contributed by atoms with van der Waals surface area (Å²) in [7, 11) is 6.03. The molecule has 0 spiro atoms. The average Bonchev–Trinajstić information content (AvgIpc) is 2.77. The van der Waals surface area contributed by atoms with Crippen molar-refractivity contribution in [1.82, 2.24) is 0 Å². The zero-order chi connectivity index (χ0) is 23.3. The highest BCUT2D eigenvalue weighted by Gasteiger charge is 2.56. The molecule has 0 aliphatic rings. The van der Waals surface area contributed by atoms with Crippen LogP contribution in [0.15, 0.2) is 0 Å². The molecule has 0 unspecified atom stereocenters. The molecule has 0 saturated heterocycles. The fourth-order valence-corrected chi connectivity index (χ4v) is 12.1. The summed E-state index contributed by atoms with van der Waals surface area (Å²) in [6, 6.07) is 1.94. The second kappa shape index (κ2) is 15.0. The topological polar surface area (TPSA) is 36.9 Å². The number of hydrogen-bond acceptors (Lipinski definition) is 6. The van der Waals surface area contributed by atoms with Gasteiger partial charge in [-0.3, -0.25) is 0 Å². The van der Waals surface area contributed by atoms with E-state index in [1.165, 1.54) is 0 Å². The van der Waals surface area contributed by atoms with Crippen molar-refractivity contribution in [2.45, 2.75) is 114 Å². The van der Waals surface area contributed by atoms with Gasteiger partial charge in [0.05, 0.1) is 9.49 Å². The summed E-state index contributed by atoms with van der Waals surface area (Å²) in [6.07, 6.45) is 4.02. The second-order valence-electron chi connectivity index (χ2n) is 7.51. The predicted octanol–water partition coefficient (Wildman–Crippen LogP) is 4.59. The minimum atomic E-state index is -0.530. The first-order valence-electron chi connectivity index (χ1n) is 12.2. The lowest BCUT2D eigenvalue weighted by atomic mass is 9.92. The van der Waals surface area contributed by atoms with Crippen molar-refractivity contribution in [3.05, 3.63) is 0 Å². The van der Waals surface area contributed by atoms with E-state index in [1.807, 2.05) is 21.6 Å². The third kappa shape index (κ3) is 6.30. The van der Waals surface area contributed by atoms with Gasteiger partial charge in [-0.15, -0.1) is 0 Å². The summed E-state index contributed by atoms with van der Waals surface area (Å²) in [4.78, 5) is 0. The molecule has 0 aromatic rings. The maximum Gasteiger partial charge on any atom is 0.180 e. The van der Waals surface area contributed by atoms with Gasteiger partial charge in [-0.05, 0) is 65.5 Å². The van der Waals surface area contributed by atoms with E-state index in [9.17, 15) is 0 Å². The molecule has 0 rings (SSSR count). The third-order valence-electron chi connectivity index (χ3n) is 6.47. The van der Waals surface area contributed by atoms with Crippen LogP contribution in [-0.4, -0.2) is 68.0 Å². The Bertz CT molecular complexity index is 395. The molecule has 0 N–H and O–H groups in total. The smallest absolute Gasteiger partial charge is 0.180 e. The highest BCUT2D eigenvalue weighted by Crippen LogP contribution is 2.59. The van der Waals surface area contributed by atoms with Gasteiger partial charge in [0.15, 0.2) is 11.6 Å². The maximum atomic E-state index is 6.43. The first kappa shape index (κ1) is 31.0. The van der Waals surface area contributed by atoms with Gasteiger partial charge >= 0.3 is 0 Å². The van der Waals surface area contributed by atoms with E-state index in [0.29, 0.717) is 26.4 Å². The molecular formula is C22H50O4S2Si2. The minimum Gasteiger partial charge on any atom is -0.349 e. The van der Waals surface area contributed by atoms with Crippen LogP contribution in [0.2, 0.25) is 12.1 Å². The van der Waals surface area contributed by atoms with Gasteiger partial charge in [-0.1, -0.05) is 49.3 Å². The quantitative estimate of drug-likeness (QED) is 0.147. The van der Waals surface area contributed by atoms with E-state index in [2.05, 4.69) is 55.4 Å². The van der Waals surface area contributed by atoms with Crippen molar-refractivity contribution in [2.75, 3.05) is 26.4 Å². The summed E-state index contributed by atoms with van der Waals surface area (Å²) in [5.41, 5.74) is 0. The van der Waals surface area contributed by atoms with E-state index < -0.39 is 11.6 Å². The summed E-state index contributed by atoms with van der Waals surface area (Å²) in [5.74, 6) is -1.06. The molecule has 4 nitrogen and oxygen atoms in total. The zero-order valence-electron chi connectivity index (χ0n) is 21.5. The average molecular weight is 499 g/mol. The SMILES string of the molecule is CCOC(C[SiH3])(OCC)C(CC)(CC)SSC(CC)(CC)C(C[SiH3])(OCC)OCC. The van der Waals surface area contributed by atoms with E-state index >= 15 is 0 Å². The number of rotatable bonds is 19. The monoisotopic (exact) mass is 498 g/mol. The van der Waals surface area contributed by atoms with Gasteiger partial charge in [0.25, 0.3) is 0 Å². The fraction of sp³-hybridized carbons (Fsp3) is 1.00. The summed E-state index contributed by atoms with van der Waals surface area (Å²) < 4.78 is 25.5. The van der Waals surface area contributed by atoms with Gasteiger partial charge < -0.3 is 18.9 Å². The van der Waals surface area contributed by atoms with Crippen molar-refractivity contribution in [2.24, 2.45) is 0 Å². The third-order valence-corrected chi connectivity index (χ3v) is 13.0. The molecule has 0 aliphatic heterocycles. The van der Waals surface area contributed by atoms with Crippen LogP contribution in [-0.2, 0) is 18.9 Å². The first-order chi connectivity index (χ1) is 14.3. The van der Waals surface area contributed by atoms with Crippen LogP contribution in [0.25, 0.3) is 0 Å². The van der Waals surface area contributed by atoms with Gasteiger partial charge in [0.1, 0.15) is 0 Å². The van der Waals surface area contributed by atoms with E-state index in [1.54, 1.807) is 0 Å². The number of ether oxygens (including phenoxy) is 4. The summed E-state index contributed by atoms with van der Waals surface area (Å²) in [6.45, 7) is 20.1. The van der Waals surface area contributed by atoms with Crippen LogP contribution in [0.4, 0.5) is 0 Å². The molecule has 0 bridgehead atoms. The Hall–Kier alpha value is 0.974. The highest BCUT2D eigenvalue weighted by atomic mass is 33.1. The van der Waals surface area contributed by atoms with Gasteiger partial charge in [-0.25, -0.2) is 0 Å². The van der Waals surface area contributed by atoms with Crippen molar-refractivity contribution < 1.29 is 18.9 Å². The van der Waals surface area contributed by atoms with Crippen LogP contribution >= 0.6 is 21.6 Å². The number of hydrogen-bond donors (Lipinski definition) is 0. The standard InChI is InChI=1S/C22H50O4S2Si2/c1-9-19(10-2,21(17-29,23-13-5)24-14-6)27-28-20(11-3,12-4)22(18-30,25-15-7)26-16-8/h9-18H2,1-8,29-30H3. The Kier molecular flexibility index (Phi) is 15.5. The Morgan fingerprint density at radius 3 is 0.867 bits per heavy atom. The summed E-state index contributed by atoms with van der Waals surface area (Å²) in [5, 5.41) is 0. The molecule has 0 saturated carbocycles. The van der Waals surface area contributed by atoms with Crippen molar-refractivity contribution >= 4 is 42.1 Å². The lowest BCUT2D eigenvalue weighted by Crippen LogP contribution is -2.57. The van der Waals surface area contributed by atoms with E-state index in [4.69, 9.17) is 18.9 Å². The van der Waals surface area contributed by atoms with Crippen LogP contribution in [0.1, 0.15) is 81.1 Å². The maximum absolute atomic E-state index is 6.43.